The van der Waals surface area contributed by atoms with Gasteiger partial charge in [-0.2, -0.15) is 0 Å². The van der Waals surface area contributed by atoms with Gasteiger partial charge >= 0.3 is 0 Å². The van der Waals surface area contributed by atoms with Gasteiger partial charge < -0.3 is 19.7 Å². The zero-order chi connectivity index (χ0) is 19.7. The van der Waals surface area contributed by atoms with Crippen molar-refractivity contribution in [3.05, 3.63) is 52.4 Å². The number of benzene rings is 1. The molecule has 146 valence electrons. The van der Waals surface area contributed by atoms with Crippen LogP contribution in [0, 0.1) is 6.92 Å². The molecule has 4 rings (SSSR count). The number of hydrogen-bond donors (Lipinski definition) is 1. The molecule has 0 saturated carbocycles. The molecule has 3 heterocycles. The Hall–Kier alpha value is -3.06. The van der Waals surface area contributed by atoms with Crippen molar-refractivity contribution in [1.29, 1.82) is 0 Å². The molecule has 1 aliphatic rings. The quantitative estimate of drug-likeness (QED) is 0.748. The number of piperazine rings is 1. The van der Waals surface area contributed by atoms with Crippen LogP contribution in [-0.4, -0.2) is 49.8 Å². The lowest BCUT2D eigenvalue weighted by molar-refractivity contribution is 0.355. The van der Waals surface area contributed by atoms with E-state index in [-0.39, 0.29) is 5.56 Å². The molecule has 1 N–H and O–H groups in total. The van der Waals surface area contributed by atoms with Crippen LogP contribution in [0.1, 0.15) is 5.56 Å². The number of ether oxygens (including phenoxy) is 2. The first-order valence-corrected chi connectivity index (χ1v) is 9.33. The molecule has 0 spiro atoms. The van der Waals surface area contributed by atoms with Crippen LogP contribution < -0.4 is 25.2 Å². The maximum absolute atomic E-state index is 12.8. The molecule has 1 saturated heterocycles. The van der Waals surface area contributed by atoms with Crippen LogP contribution in [-0.2, 0) is 0 Å². The van der Waals surface area contributed by atoms with Crippen molar-refractivity contribution in [3.63, 3.8) is 0 Å². The summed E-state index contributed by atoms with van der Waals surface area (Å²) in [4.78, 5) is 19.9. The Morgan fingerprint density at radius 2 is 1.79 bits per heavy atom. The van der Waals surface area contributed by atoms with Crippen LogP contribution in [0.3, 0.4) is 0 Å². The minimum absolute atomic E-state index is 0.105. The number of fused-ring (bicyclic) bond motifs is 1. The fourth-order valence-electron chi connectivity index (χ4n) is 3.61. The minimum atomic E-state index is -0.105. The highest BCUT2D eigenvalue weighted by Gasteiger charge is 2.15. The van der Waals surface area contributed by atoms with Crippen LogP contribution in [0.25, 0.3) is 16.9 Å². The Balaban J connectivity index is 1.80. The number of anilines is 1. The van der Waals surface area contributed by atoms with Crippen molar-refractivity contribution in [3.8, 4) is 22.8 Å². The maximum atomic E-state index is 12.8. The molecule has 0 radical (unpaired) electrons. The molecule has 0 aliphatic carbocycles. The van der Waals surface area contributed by atoms with E-state index in [0.29, 0.717) is 22.8 Å². The van der Waals surface area contributed by atoms with Gasteiger partial charge in [-0.3, -0.25) is 9.20 Å². The first-order valence-electron chi connectivity index (χ1n) is 9.33. The summed E-state index contributed by atoms with van der Waals surface area (Å²) in [7, 11) is 3.18. The van der Waals surface area contributed by atoms with Gasteiger partial charge in [-0.05, 0) is 36.8 Å². The van der Waals surface area contributed by atoms with Gasteiger partial charge in [-0.25, -0.2) is 4.98 Å². The van der Waals surface area contributed by atoms with Crippen LogP contribution in [0.15, 0.2) is 41.3 Å². The maximum Gasteiger partial charge on any atom is 0.258 e. The van der Waals surface area contributed by atoms with Gasteiger partial charge in [0.25, 0.3) is 5.56 Å². The van der Waals surface area contributed by atoms with E-state index >= 15 is 0 Å². The van der Waals surface area contributed by atoms with Crippen molar-refractivity contribution < 1.29 is 9.47 Å². The SMILES string of the molecule is COc1ccc(-c2cc(=O)n3cc(N4CCNCC4)c(C)cc3n2)cc1OC. The number of nitrogens with zero attached hydrogens (tertiary/aromatic N) is 3. The van der Waals surface area contributed by atoms with Crippen molar-refractivity contribution in [2.75, 3.05) is 45.3 Å². The van der Waals surface area contributed by atoms with Crippen molar-refractivity contribution in [1.82, 2.24) is 14.7 Å². The molecule has 0 amide bonds. The third-order valence-electron chi connectivity index (χ3n) is 5.12. The predicted octanol–water partition coefficient (Wildman–Crippen LogP) is 2.10. The molecular weight excluding hydrogens is 356 g/mol. The Labute approximate surface area is 163 Å². The van der Waals surface area contributed by atoms with Crippen LogP contribution in [0.5, 0.6) is 11.5 Å². The normalized spacial score (nSPS) is 14.3. The van der Waals surface area contributed by atoms with E-state index in [0.717, 1.165) is 43.0 Å². The lowest BCUT2D eigenvalue weighted by Gasteiger charge is -2.30. The summed E-state index contributed by atoms with van der Waals surface area (Å²) in [6.45, 7) is 5.81. The summed E-state index contributed by atoms with van der Waals surface area (Å²) in [5, 5.41) is 3.35. The van der Waals surface area contributed by atoms with Crippen molar-refractivity contribution in [2.45, 2.75) is 6.92 Å². The summed E-state index contributed by atoms with van der Waals surface area (Å²) in [6.07, 6.45) is 1.91. The van der Waals surface area contributed by atoms with E-state index in [1.807, 2.05) is 30.5 Å². The second-order valence-electron chi connectivity index (χ2n) is 6.86. The number of rotatable bonds is 4. The molecule has 3 aromatic rings. The highest BCUT2D eigenvalue weighted by Crippen LogP contribution is 2.31. The molecule has 1 aliphatic heterocycles. The summed E-state index contributed by atoms with van der Waals surface area (Å²) >= 11 is 0. The number of pyridine rings is 1. The van der Waals surface area contributed by atoms with E-state index in [2.05, 4.69) is 17.1 Å². The number of hydrogen-bond acceptors (Lipinski definition) is 6. The lowest BCUT2D eigenvalue weighted by atomic mass is 10.1. The van der Waals surface area contributed by atoms with Gasteiger partial charge in [0.2, 0.25) is 0 Å². The van der Waals surface area contributed by atoms with Gasteiger partial charge in [0, 0.05) is 44.0 Å². The number of methoxy groups -OCH3 is 2. The number of nitrogens with one attached hydrogen (secondary N) is 1. The molecular formula is C21H24N4O3. The molecule has 2 aromatic heterocycles. The van der Waals surface area contributed by atoms with Gasteiger partial charge in [0.1, 0.15) is 5.65 Å². The monoisotopic (exact) mass is 380 g/mol. The summed E-state index contributed by atoms with van der Waals surface area (Å²) < 4.78 is 12.3. The van der Waals surface area contributed by atoms with E-state index in [1.54, 1.807) is 24.7 Å². The third-order valence-corrected chi connectivity index (χ3v) is 5.12. The van der Waals surface area contributed by atoms with E-state index < -0.39 is 0 Å². The molecule has 1 aromatic carbocycles. The second kappa shape index (κ2) is 7.52. The van der Waals surface area contributed by atoms with E-state index in [9.17, 15) is 4.79 Å². The smallest absolute Gasteiger partial charge is 0.258 e. The average molecular weight is 380 g/mol. The van der Waals surface area contributed by atoms with Crippen molar-refractivity contribution >= 4 is 11.3 Å². The summed E-state index contributed by atoms with van der Waals surface area (Å²) in [5.41, 5.74) is 4.14. The van der Waals surface area contributed by atoms with Gasteiger partial charge in [-0.1, -0.05) is 0 Å². The zero-order valence-corrected chi connectivity index (χ0v) is 16.4. The Kier molecular flexibility index (Phi) is 4.92. The van der Waals surface area contributed by atoms with Crippen molar-refractivity contribution in [2.24, 2.45) is 0 Å². The van der Waals surface area contributed by atoms with Crippen LogP contribution >= 0.6 is 0 Å². The molecule has 1 fully saturated rings. The highest BCUT2D eigenvalue weighted by molar-refractivity contribution is 5.67. The van der Waals surface area contributed by atoms with Gasteiger partial charge in [-0.15, -0.1) is 0 Å². The Morgan fingerprint density at radius 1 is 1.04 bits per heavy atom. The molecule has 0 unspecified atom stereocenters. The average Bonchev–Trinajstić information content (AvgIpc) is 2.73. The third kappa shape index (κ3) is 3.29. The largest absolute Gasteiger partial charge is 0.493 e. The molecule has 7 nitrogen and oxygen atoms in total. The Morgan fingerprint density at radius 3 is 2.50 bits per heavy atom. The van der Waals surface area contributed by atoms with Gasteiger partial charge in [0.15, 0.2) is 11.5 Å². The summed E-state index contributed by atoms with van der Waals surface area (Å²) in [5.74, 6) is 1.24. The number of aryl methyl sites for hydroxylation is 1. The fraction of sp³-hybridized carbons (Fsp3) is 0.333. The zero-order valence-electron chi connectivity index (χ0n) is 16.4. The molecule has 0 bridgehead atoms. The minimum Gasteiger partial charge on any atom is -0.493 e. The number of aromatic nitrogens is 2. The predicted molar refractivity (Wildman–Crippen MR) is 110 cm³/mol. The second-order valence-corrected chi connectivity index (χ2v) is 6.86. The van der Waals surface area contributed by atoms with E-state index in [4.69, 9.17) is 14.5 Å². The topological polar surface area (TPSA) is 68.1 Å². The van der Waals surface area contributed by atoms with Crippen LogP contribution in [0.2, 0.25) is 0 Å². The van der Waals surface area contributed by atoms with E-state index in [1.165, 1.54) is 0 Å². The Bertz CT molecular complexity index is 1070. The molecule has 7 heteroatoms. The fourth-order valence-corrected chi connectivity index (χ4v) is 3.61. The molecule has 28 heavy (non-hydrogen) atoms. The first-order chi connectivity index (χ1) is 13.6. The van der Waals surface area contributed by atoms with Gasteiger partial charge in [0.05, 0.1) is 25.6 Å². The highest BCUT2D eigenvalue weighted by atomic mass is 16.5. The first kappa shape index (κ1) is 18.3. The molecule has 0 atom stereocenters. The van der Waals surface area contributed by atoms with Crippen LogP contribution in [0.4, 0.5) is 5.69 Å². The summed E-state index contributed by atoms with van der Waals surface area (Å²) in [6, 6.07) is 9.06. The lowest BCUT2D eigenvalue weighted by Crippen LogP contribution is -2.44. The standard InChI is InChI=1S/C21H24N4O3/c1-14-10-20-23-16(15-4-5-18(27-2)19(11-15)28-3)12-21(26)25(20)13-17(14)24-8-6-22-7-9-24/h4-5,10-13,22H,6-9H2,1-3H3.